The van der Waals surface area contributed by atoms with Crippen LogP contribution in [0.1, 0.15) is 11.6 Å². The second kappa shape index (κ2) is 9.94. The molecule has 4 rings (SSSR count). The Morgan fingerprint density at radius 3 is 2.61 bits per heavy atom. The number of hydrogen-bond acceptors (Lipinski definition) is 6. The predicted octanol–water partition coefficient (Wildman–Crippen LogP) is 4.37. The first-order valence-electron chi connectivity index (χ1n) is 9.48. The number of nitrogens with one attached hydrogen (secondary N) is 1. The van der Waals surface area contributed by atoms with Gasteiger partial charge in [0.05, 0.1) is 18.6 Å². The Morgan fingerprint density at radius 1 is 1.06 bits per heavy atom. The molecule has 1 N–H and O–H groups in total. The van der Waals surface area contributed by atoms with Crippen molar-refractivity contribution in [1.29, 1.82) is 0 Å². The third-order valence-corrected chi connectivity index (χ3v) is 5.23. The van der Waals surface area contributed by atoms with Gasteiger partial charge in [0.25, 0.3) is 0 Å². The number of halogens is 1. The molecule has 0 atom stereocenters. The molecule has 2 aromatic carbocycles. The van der Waals surface area contributed by atoms with Crippen molar-refractivity contribution in [2.24, 2.45) is 0 Å². The van der Waals surface area contributed by atoms with Crippen LogP contribution >= 0.6 is 11.8 Å². The molecule has 2 heterocycles. The minimum Gasteiger partial charge on any atom is -0.486 e. The Kier molecular flexibility index (Phi) is 6.63. The zero-order valence-electron chi connectivity index (χ0n) is 16.4. The van der Waals surface area contributed by atoms with Crippen molar-refractivity contribution in [1.82, 2.24) is 14.8 Å². The van der Waals surface area contributed by atoms with Gasteiger partial charge in [0.1, 0.15) is 23.9 Å². The third kappa shape index (κ3) is 5.73. The van der Waals surface area contributed by atoms with E-state index >= 15 is 0 Å². The summed E-state index contributed by atoms with van der Waals surface area (Å²) in [5.41, 5.74) is 0.529. The van der Waals surface area contributed by atoms with Crippen LogP contribution in [0.5, 0.6) is 5.75 Å². The summed E-state index contributed by atoms with van der Waals surface area (Å²) in [6, 6.07) is 18.7. The van der Waals surface area contributed by atoms with E-state index in [1.807, 2.05) is 47.0 Å². The van der Waals surface area contributed by atoms with Crippen molar-refractivity contribution < 1.29 is 18.3 Å². The number of carbonyl (C=O) groups excluding carboxylic acids is 1. The van der Waals surface area contributed by atoms with E-state index in [9.17, 15) is 9.18 Å². The van der Waals surface area contributed by atoms with Crippen LogP contribution < -0.4 is 10.1 Å². The number of aromatic nitrogens is 3. The van der Waals surface area contributed by atoms with Gasteiger partial charge in [0.2, 0.25) is 5.91 Å². The zero-order chi connectivity index (χ0) is 21.5. The lowest BCUT2D eigenvalue weighted by Gasteiger charge is -2.10. The van der Waals surface area contributed by atoms with Gasteiger partial charge < -0.3 is 14.5 Å². The fourth-order valence-corrected chi connectivity index (χ4v) is 3.53. The Balaban J connectivity index is 1.43. The Hall–Kier alpha value is -3.59. The van der Waals surface area contributed by atoms with E-state index in [1.54, 1.807) is 6.26 Å². The Bertz CT molecular complexity index is 1120. The van der Waals surface area contributed by atoms with Gasteiger partial charge in [-0.1, -0.05) is 30.0 Å². The highest BCUT2D eigenvalue weighted by Crippen LogP contribution is 2.21. The van der Waals surface area contributed by atoms with Crippen LogP contribution in [-0.2, 0) is 17.9 Å². The molecule has 0 aliphatic rings. The third-order valence-electron chi connectivity index (χ3n) is 4.26. The second-order valence-corrected chi connectivity index (χ2v) is 7.45. The van der Waals surface area contributed by atoms with Gasteiger partial charge >= 0.3 is 0 Å². The first-order valence-corrected chi connectivity index (χ1v) is 10.5. The molecule has 0 unspecified atom stereocenters. The molecule has 4 aromatic rings. The number of thioether (sulfide) groups is 1. The molecule has 0 bridgehead atoms. The first kappa shape index (κ1) is 20.7. The fourth-order valence-electron chi connectivity index (χ4n) is 2.77. The average Bonchev–Trinajstić information content (AvgIpc) is 3.44. The highest BCUT2D eigenvalue weighted by Gasteiger charge is 2.16. The van der Waals surface area contributed by atoms with Crippen molar-refractivity contribution in [3.8, 4) is 5.75 Å². The van der Waals surface area contributed by atoms with Crippen LogP contribution in [0.4, 0.5) is 10.1 Å². The number of ether oxygens (including phenoxy) is 1. The highest BCUT2D eigenvalue weighted by atomic mass is 32.2. The number of para-hydroxylation sites is 1. The summed E-state index contributed by atoms with van der Waals surface area (Å²) < 4.78 is 26.1. The number of hydrogen-bond donors (Lipinski definition) is 1. The topological polar surface area (TPSA) is 82.2 Å². The van der Waals surface area contributed by atoms with Gasteiger partial charge in [-0.25, -0.2) is 4.39 Å². The molecule has 7 nitrogen and oxygen atoms in total. The summed E-state index contributed by atoms with van der Waals surface area (Å²) in [6.07, 6.45) is 1.60. The summed E-state index contributed by atoms with van der Waals surface area (Å²) in [6.45, 7) is 0.634. The summed E-state index contributed by atoms with van der Waals surface area (Å²) in [7, 11) is 0. The number of anilines is 1. The Morgan fingerprint density at radius 2 is 1.87 bits per heavy atom. The molecular weight excluding hydrogens is 419 g/mol. The van der Waals surface area contributed by atoms with Crippen LogP contribution in [0.15, 0.2) is 82.6 Å². The molecular formula is C22H19FN4O3S. The van der Waals surface area contributed by atoms with Gasteiger partial charge in [-0.05, 0) is 48.5 Å². The van der Waals surface area contributed by atoms with Crippen molar-refractivity contribution in [3.05, 3.63) is 90.4 Å². The van der Waals surface area contributed by atoms with Gasteiger partial charge in [0.15, 0.2) is 11.0 Å². The van der Waals surface area contributed by atoms with Gasteiger partial charge in [0, 0.05) is 5.69 Å². The monoisotopic (exact) mass is 438 g/mol. The quantitative estimate of drug-likeness (QED) is 0.391. The van der Waals surface area contributed by atoms with E-state index in [4.69, 9.17) is 9.15 Å². The molecule has 158 valence electrons. The van der Waals surface area contributed by atoms with E-state index in [2.05, 4.69) is 15.5 Å². The molecule has 0 aliphatic carbocycles. The van der Waals surface area contributed by atoms with Crippen molar-refractivity contribution in [3.63, 3.8) is 0 Å². The molecule has 0 spiro atoms. The van der Waals surface area contributed by atoms with Gasteiger partial charge in [-0.15, -0.1) is 10.2 Å². The maximum absolute atomic E-state index is 13.0. The van der Waals surface area contributed by atoms with E-state index in [1.165, 1.54) is 36.0 Å². The number of furan rings is 1. The lowest BCUT2D eigenvalue weighted by atomic mass is 10.3. The standard InChI is InChI=1S/C22H19FN4O3S/c23-16-8-10-17(11-9-16)24-21(28)15-31-22-26-25-20(14-30-18-5-2-1-3-6-18)27(22)13-19-7-4-12-29-19/h1-12H,13-15H2,(H,24,28). The first-order chi connectivity index (χ1) is 15.2. The van der Waals surface area contributed by atoms with E-state index in [0.717, 1.165) is 11.5 Å². The summed E-state index contributed by atoms with van der Waals surface area (Å²) in [4.78, 5) is 12.3. The Labute approximate surface area is 182 Å². The largest absolute Gasteiger partial charge is 0.486 e. The van der Waals surface area contributed by atoms with Gasteiger partial charge in [-0.2, -0.15) is 0 Å². The summed E-state index contributed by atoms with van der Waals surface area (Å²) in [5, 5.41) is 11.8. The lowest BCUT2D eigenvalue weighted by molar-refractivity contribution is -0.113. The minimum absolute atomic E-state index is 0.118. The predicted molar refractivity (Wildman–Crippen MR) is 114 cm³/mol. The van der Waals surface area contributed by atoms with Crippen LogP contribution in [0, 0.1) is 5.82 Å². The fraction of sp³-hybridized carbons (Fsp3) is 0.136. The van der Waals surface area contributed by atoms with Crippen molar-refractivity contribution >= 4 is 23.4 Å². The summed E-state index contributed by atoms with van der Waals surface area (Å²) in [5.74, 6) is 1.60. The SMILES string of the molecule is O=C(CSc1nnc(COc2ccccc2)n1Cc1ccco1)Nc1ccc(F)cc1. The van der Waals surface area contributed by atoms with Crippen molar-refractivity contribution in [2.75, 3.05) is 11.1 Å². The molecule has 2 aromatic heterocycles. The molecule has 0 fully saturated rings. The molecule has 0 saturated carbocycles. The van der Waals surface area contributed by atoms with Crippen LogP contribution in [-0.4, -0.2) is 26.4 Å². The maximum Gasteiger partial charge on any atom is 0.234 e. The molecule has 0 radical (unpaired) electrons. The molecule has 9 heteroatoms. The number of benzene rings is 2. The van der Waals surface area contributed by atoms with E-state index in [0.29, 0.717) is 23.2 Å². The number of rotatable bonds is 9. The normalized spacial score (nSPS) is 10.7. The maximum atomic E-state index is 13.0. The number of nitrogens with zero attached hydrogens (tertiary/aromatic N) is 3. The minimum atomic E-state index is -0.358. The van der Waals surface area contributed by atoms with Crippen LogP contribution in [0.25, 0.3) is 0 Å². The summed E-state index contributed by atoms with van der Waals surface area (Å²) >= 11 is 1.25. The number of amides is 1. The van der Waals surface area contributed by atoms with Crippen molar-refractivity contribution in [2.45, 2.75) is 18.3 Å². The molecule has 1 amide bonds. The molecule has 31 heavy (non-hydrogen) atoms. The number of carbonyl (C=O) groups is 1. The van der Waals surface area contributed by atoms with E-state index in [-0.39, 0.29) is 24.1 Å². The zero-order valence-corrected chi connectivity index (χ0v) is 17.2. The second-order valence-electron chi connectivity index (χ2n) is 6.51. The lowest BCUT2D eigenvalue weighted by Crippen LogP contribution is -2.15. The molecule has 0 saturated heterocycles. The average molecular weight is 438 g/mol. The van der Waals surface area contributed by atoms with Gasteiger partial charge in [-0.3, -0.25) is 9.36 Å². The smallest absolute Gasteiger partial charge is 0.234 e. The van der Waals surface area contributed by atoms with Crippen LogP contribution in [0.3, 0.4) is 0 Å². The molecule has 0 aliphatic heterocycles. The van der Waals surface area contributed by atoms with Crippen LogP contribution in [0.2, 0.25) is 0 Å². The highest BCUT2D eigenvalue weighted by molar-refractivity contribution is 7.99. The van der Waals surface area contributed by atoms with E-state index < -0.39 is 0 Å².